The molecule has 0 radical (unpaired) electrons. The van der Waals surface area contributed by atoms with E-state index in [4.69, 9.17) is 16.6 Å². The van der Waals surface area contributed by atoms with Crippen LogP contribution in [0, 0.1) is 0 Å². The first-order valence-electron chi connectivity index (χ1n) is 12.7. The van der Waals surface area contributed by atoms with Crippen molar-refractivity contribution in [2.24, 2.45) is 0 Å². The number of carbonyl (C=O) groups excluding carboxylic acids is 1. The smallest absolute Gasteiger partial charge is 0.361 e. The Morgan fingerprint density at radius 1 is 1.07 bits per heavy atom. The first-order chi connectivity index (χ1) is 19.1. The van der Waals surface area contributed by atoms with Crippen molar-refractivity contribution in [3.05, 3.63) is 65.0 Å². The molecule has 0 unspecified atom stereocenters. The van der Waals surface area contributed by atoms with Gasteiger partial charge in [-0.15, -0.1) is 0 Å². The summed E-state index contributed by atoms with van der Waals surface area (Å²) in [4.78, 5) is 38.3. The second-order valence-corrected chi connectivity index (χ2v) is 10.3. The minimum Gasteiger partial charge on any atom is -0.361 e. The number of benzene rings is 1. The number of carbonyl (C=O) groups is 1. The fraction of sp³-hybridized carbons (Fsp3) is 0.370. The molecule has 4 aromatic rings. The van der Waals surface area contributed by atoms with Crippen molar-refractivity contribution >= 4 is 34.4 Å². The molecule has 4 heterocycles. The lowest BCUT2D eigenvalue weighted by molar-refractivity contribution is -0.162. The van der Waals surface area contributed by atoms with Crippen LogP contribution in [0.1, 0.15) is 23.5 Å². The van der Waals surface area contributed by atoms with Crippen LogP contribution in [0.25, 0.3) is 22.3 Å². The van der Waals surface area contributed by atoms with Gasteiger partial charge in [-0.3, -0.25) is 14.7 Å². The highest BCUT2D eigenvalue weighted by atomic mass is 35.5. The number of nitrogens with zero attached hydrogens (tertiary/aromatic N) is 7. The monoisotopic (exact) mass is 572 g/mol. The Morgan fingerprint density at radius 3 is 2.58 bits per heavy atom. The Hall–Kier alpha value is -3.77. The van der Waals surface area contributed by atoms with Gasteiger partial charge in [0.2, 0.25) is 5.91 Å². The highest BCUT2D eigenvalue weighted by Crippen LogP contribution is 2.32. The van der Waals surface area contributed by atoms with Gasteiger partial charge >= 0.3 is 6.18 Å². The average Bonchev–Trinajstić information content (AvgIpc) is 3.29. The number of hydrogen-bond acceptors (Lipinski definition) is 7. The fourth-order valence-electron chi connectivity index (χ4n) is 4.76. The number of piperazine rings is 1. The molecule has 40 heavy (non-hydrogen) atoms. The van der Waals surface area contributed by atoms with Gasteiger partial charge in [0.15, 0.2) is 5.82 Å². The van der Waals surface area contributed by atoms with Crippen LogP contribution in [-0.4, -0.2) is 87.1 Å². The quantitative estimate of drug-likeness (QED) is 0.352. The van der Waals surface area contributed by atoms with Crippen molar-refractivity contribution < 1.29 is 18.0 Å². The van der Waals surface area contributed by atoms with Crippen LogP contribution in [0.5, 0.6) is 0 Å². The summed E-state index contributed by atoms with van der Waals surface area (Å²) in [5, 5.41) is 0.474. The molecule has 3 aromatic heterocycles. The molecular weight excluding hydrogens is 545 g/mol. The topological polar surface area (TPSA) is 94.1 Å². The van der Waals surface area contributed by atoms with Crippen molar-refractivity contribution in [3.8, 4) is 11.3 Å². The second kappa shape index (κ2) is 11.4. The molecule has 1 aliphatic rings. The van der Waals surface area contributed by atoms with Gasteiger partial charge in [-0.2, -0.15) is 13.2 Å². The summed E-state index contributed by atoms with van der Waals surface area (Å²) < 4.78 is 37.6. The molecule has 0 atom stereocenters. The number of alkyl halides is 3. The van der Waals surface area contributed by atoms with E-state index in [-0.39, 0.29) is 13.1 Å². The average molecular weight is 573 g/mol. The third-order valence-corrected chi connectivity index (χ3v) is 7.06. The molecule has 1 saturated heterocycles. The standard InChI is InChI=1S/C27H28ClF3N8O/c1-37(2)26-24(28)25(33-16-34-26)18-3-4-20-21(12-18)36-22(35-20)13-19-11-17(5-6-32-19)15-38-7-9-39(10-8-38)23(40)14-27(29,30)31/h3-6,11-12,16H,7-10,13-15H2,1-2H3,(H,35,36). The van der Waals surface area contributed by atoms with Gasteiger partial charge < -0.3 is 14.8 Å². The van der Waals surface area contributed by atoms with Gasteiger partial charge in [0.1, 0.15) is 23.6 Å². The summed E-state index contributed by atoms with van der Waals surface area (Å²) in [6, 6.07) is 9.73. The van der Waals surface area contributed by atoms with E-state index in [0.717, 1.165) is 33.7 Å². The molecule has 13 heteroatoms. The van der Waals surface area contributed by atoms with Crippen molar-refractivity contribution in [1.29, 1.82) is 0 Å². The Balaban J connectivity index is 1.24. The number of H-pyrrole nitrogens is 1. The minimum absolute atomic E-state index is 0.282. The normalized spacial score (nSPS) is 14.6. The highest BCUT2D eigenvalue weighted by Gasteiger charge is 2.34. The highest BCUT2D eigenvalue weighted by molar-refractivity contribution is 6.35. The number of amides is 1. The maximum atomic E-state index is 12.5. The Kier molecular flexibility index (Phi) is 7.90. The number of anilines is 1. The zero-order chi connectivity index (χ0) is 28.4. The van der Waals surface area contributed by atoms with E-state index < -0.39 is 18.5 Å². The lowest BCUT2D eigenvalue weighted by Gasteiger charge is -2.35. The molecule has 9 nitrogen and oxygen atoms in total. The number of imidazole rings is 1. The number of aromatic amines is 1. The Bertz CT molecular complexity index is 1520. The van der Waals surface area contributed by atoms with Gasteiger partial charge in [-0.05, 0) is 29.8 Å². The Morgan fingerprint density at radius 2 is 1.85 bits per heavy atom. The summed E-state index contributed by atoms with van der Waals surface area (Å²) in [7, 11) is 3.74. The van der Waals surface area contributed by atoms with Crippen LogP contribution < -0.4 is 4.90 Å². The summed E-state index contributed by atoms with van der Waals surface area (Å²) in [5.41, 5.74) is 5.02. The fourth-order valence-corrected chi connectivity index (χ4v) is 5.13. The molecule has 1 aromatic carbocycles. The molecule has 0 bridgehead atoms. The van der Waals surface area contributed by atoms with Gasteiger partial charge in [-0.1, -0.05) is 17.7 Å². The molecule has 0 saturated carbocycles. The summed E-state index contributed by atoms with van der Waals surface area (Å²) in [6.45, 7) is 2.21. The number of pyridine rings is 1. The van der Waals surface area contributed by atoms with Gasteiger partial charge in [0.25, 0.3) is 0 Å². The number of halogens is 4. The molecule has 1 amide bonds. The van der Waals surface area contributed by atoms with Crippen LogP contribution in [0.15, 0.2) is 42.9 Å². The van der Waals surface area contributed by atoms with E-state index in [1.54, 1.807) is 6.20 Å². The van der Waals surface area contributed by atoms with Gasteiger partial charge in [0, 0.05) is 70.7 Å². The summed E-state index contributed by atoms with van der Waals surface area (Å²) in [6.07, 6.45) is -2.16. The number of nitrogens with one attached hydrogen (secondary N) is 1. The van der Waals surface area contributed by atoms with Crippen LogP contribution in [-0.2, 0) is 17.8 Å². The van der Waals surface area contributed by atoms with Crippen molar-refractivity contribution in [2.45, 2.75) is 25.6 Å². The van der Waals surface area contributed by atoms with Crippen LogP contribution in [0.2, 0.25) is 5.02 Å². The molecule has 5 rings (SSSR count). The number of hydrogen-bond donors (Lipinski definition) is 1. The molecule has 1 fully saturated rings. The van der Waals surface area contributed by atoms with Gasteiger partial charge in [-0.25, -0.2) is 15.0 Å². The molecule has 1 aliphatic heterocycles. The second-order valence-electron chi connectivity index (χ2n) is 9.95. The van der Waals surface area contributed by atoms with E-state index >= 15 is 0 Å². The van der Waals surface area contributed by atoms with Gasteiger partial charge in [0.05, 0.1) is 16.7 Å². The van der Waals surface area contributed by atoms with Crippen LogP contribution >= 0.6 is 11.6 Å². The third-order valence-electron chi connectivity index (χ3n) is 6.71. The summed E-state index contributed by atoms with van der Waals surface area (Å²) >= 11 is 6.57. The predicted molar refractivity (Wildman–Crippen MR) is 146 cm³/mol. The molecule has 210 valence electrons. The molecule has 0 aliphatic carbocycles. The maximum Gasteiger partial charge on any atom is 0.397 e. The summed E-state index contributed by atoms with van der Waals surface area (Å²) in [5.74, 6) is 0.533. The first-order valence-corrected chi connectivity index (χ1v) is 13.1. The minimum atomic E-state index is -4.48. The largest absolute Gasteiger partial charge is 0.397 e. The molecule has 1 N–H and O–H groups in total. The van der Waals surface area contributed by atoms with E-state index in [1.165, 1.54) is 11.2 Å². The number of fused-ring (bicyclic) bond motifs is 1. The van der Waals surface area contributed by atoms with E-state index in [2.05, 4.69) is 24.8 Å². The maximum absolute atomic E-state index is 12.5. The number of aromatic nitrogens is 5. The van der Waals surface area contributed by atoms with Crippen LogP contribution in [0.4, 0.5) is 19.0 Å². The van der Waals surface area contributed by atoms with E-state index in [1.807, 2.05) is 49.3 Å². The zero-order valence-corrected chi connectivity index (χ0v) is 22.8. The zero-order valence-electron chi connectivity index (χ0n) is 22.0. The van der Waals surface area contributed by atoms with Crippen LogP contribution in [0.3, 0.4) is 0 Å². The van der Waals surface area contributed by atoms with E-state index in [0.29, 0.717) is 42.6 Å². The number of rotatable bonds is 7. The lowest BCUT2D eigenvalue weighted by Crippen LogP contribution is -2.49. The van der Waals surface area contributed by atoms with Crippen molar-refractivity contribution in [1.82, 2.24) is 34.7 Å². The molecular formula is C27H28ClF3N8O. The Labute approximate surface area is 234 Å². The lowest BCUT2D eigenvalue weighted by atomic mass is 10.1. The predicted octanol–water partition coefficient (Wildman–Crippen LogP) is 4.32. The van der Waals surface area contributed by atoms with Crippen molar-refractivity contribution in [3.63, 3.8) is 0 Å². The van der Waals surface area contributed by atoms with E-state index in [9.17, 15) is 18.0 Å². The molecule has 0 spiro atoms. The first kappa shape index (κ1) is 27.8. The third kappa shape index (κ3) is 6.50. The van der Waals surface area contributed by atoms with Crippen molar-refractivity contribution in [2.75, 3.05) is 45.2 Å². The SMILES string of the molecule is CN(C)c1ncnc(-c2ccc3nc(Cc4cc(CN5CCN(C(=O)CC(F)(F)F)CC5)ccn4)[nH]c3c2)c1Cl.